The largest absolute Gasteiger partial charge is 0.337 e. The summed E-state index contributed by atoms with van der Waals surface area (Å²) in [5.41, 5.74) is 0. The zero-order valence-electron chi connectivity index (χ0n) is 11.6. The molecule has 1 unspecified atom stereocenters. The van der Waals surface area contributed by atoms with Crippen LogP contribution in [0.3, 0.4) is 0 Å². The van der Waals surface area contributed by atoms with Crippen molar-refractivity contribution in [3.8, 4) is 0 Å². The van der Waals surface area contributed by atoms with Gasteiger partial charge in [-0.3, -0.25) is 5.32 Å². The molecule has 8 heteroatoms. The number of amides is 2. The molecule has 2 aromatic heterocycles. The van der Waals surface area contributed by atoms with Crippen LogP contribution >= 0.6 is 22.7 Å². The number of hydrogen-bond donors (Lipinski definition) is 2. The van der Waals surface area contributed by atoms with Crippen LogP contribution in [0.15, 0.2) is 6.20 Å². The van der Waals surface area contributed by atoms with Gasteiger partial charge in [-0.1, -0.05) is 25.2 Å². The van der Waals surface area contributed by atoms with Crippen LogP contribution < -0.4 is 10.6 Å². The topological polar surface area (TPSA) is 79.8 Å². The first-order valence-electron chi connectivity index (χ1n) is 6.38. The van der Waals surface area contributed by atoms with E-state index in [2.05, 4.69) is 25.8 Å². The number of thiazole rings is 1. The molecule has 1 atom stereocenters. The molecule has 0 aliphatic carbocycles. The minimum absolute atomic E-state index is 0.195. The summed E-state index contributed by atoms with van der Waals surface area (Å²) < 4.78 is 0. The van der Waals surface area contributed by atoms with Gasteiger partial charge in [0.25, 0.3) is 0 Å². The van der Waals surface area contributed by atoms with Crippen molar-refractivity contribution in [2.75, 3.05) is 11.9 Å². The maximum Gasteiger partial charge on any atom is 0.321 e. The first-order chi connectivity index (χ1) is 9.58. The summed E-state index contributed by atoms with van der Waals surface area (Å²) in [6.45, 7) is 6.60. The third-order valence-electron chi connectivity index (χ3n) is 2.62. The summed E-state index contributed by atoms with van der Waals surface area (Å²) in [4.78, 5) is 17.2. The highest BCUT2D eigenvalue weighted by atomic mass is 32.1. The summed E-state index contributed by atoms with van der Waals surface area (Å²) in [6.07, 6.45) is 2.67. The van der Waals surface area contributed by atoms with E-state index >= 15 is 0 Å². The number of carbonyl (C=O) groups is 1. The van der Waals surface area contributed by atoms with E-state index in [1.807, 2.05) is 27.0 Å². The third-order valence-corrected chi connectivity index (χ3v) is 4.75. The number of rotatable bonds is 5. The lowest BCUT2D eigenvalue weighted by atomic mass is 10.2. The molecule has 0 bridgehead atoms. The number of hydrogen-bond acceptors (Lipinski definition) is 6. The average molecular weight is 311 g/mol. The highest BCUT2D eigenvalue weighted by Gasteiger charge is 2.12. The summed E-state index contributed by atoms with van der Waals surface area (Å²) in [5, 5.41) is 15.8. The van der Waals surface area contributed by atoms with Crippen LogP contribution in [0.4, 0.5) is 9.93 Å². The standard InChI is InChI=1S/C12H17N5OS2/c1-4-9-16-17-12(20-9)15-11(18)14-5-7(2)10-13-6-8(3)19-10/h6-7H,4-5H2,1-3H3,(H2,14,15,17,18). The summed E-state index contributed by atoms with van der Waals surface area (Å²) in [5.74, 6) is 0.195. The zero-order chi connectivity index (χ0) is 14.5. The number of aryl methyl sites for hydroxylation is 2. The molecule has 0 radical (unpaired) electrons. The van der Waals surface area contributed by atoms with Gasteiger partial charge in [-0.2, -0.15) is 0 Å². The molecular formula is C12H17N5OS2. The molecule has 2 rings (SSSR count). The highest BCUT2D eigenvalue weighted by molar-refractivity contribution is 7.15. The summed E-state index contributed by atoms with van der Waals surface area (Å²) >= 11 is 3.05. The van der Waals surface area contributed by atoms with Crippen molar-refractivity contribution in [3.05, 3.63) is 21.1 Å². The Labute approximate surface area is 125 Å². The molecule has 108 valence electrons. The second-order valence-electron chi connectivity index (χ2n) is 4.40. The maximum absolute atomic E-state index is 11.8. The van der Waals surface area contributed by atoms with Crippen LogP contribution in [0.1, 0.15) is 34.7 Å². The molecule has 2 aromatic rings. The fraction of sp³-hybridized carbons (Fsp3) is 0.500. The van der Waals surface area contributed by atoms with Gasteiger partial charge in [0.1, 0.15) is 5.01 Å². The van der Waals surface area contributed by atoms with Crippen LogP contribution in [0.5, 0.6) is 0 Å². The molecule has 6 nitrogen and oxygen atoms in total. The van der Waals surface area contributed by atoms with Gasteiger partial charge in [-0.15, -0.1) is 21.5 Å². The van der Waals surface area contributed by atoms with Gasteiger partial charge in [0, 0.05) is 23.5 Å². The Morgan fingerprint density at radius 3 is 2.80 bits per heavy atom. The van der Waals surface area contributed by atoms with Crippen molar-refractivity contribution in [1.82, 2.24) is 20.5 Å². The van der Waals surface area contributed by atoms with E-state index in [-0.39, 0.29) is 11.9 Å². The molecule has 0 saturated carbocycles. The van der Waals surface area contributed by atoms with Gasteiger partial charge in [0.05, 0.1) is 5.01 Å². The zero-order valence-corrected chi connectivity index (χ0v) is 13.3. The number of aromatic nitrogens is 3. The highest BCUT2D eigenvalue weighted by Crippen LogP contribution is 2.20. The Hall–Kier alpha value is -1.54. The van der Waals surface area contributed by atoms with E-state index in [1.165, 1.54) is 16.2 Å². The average Bonchev–Trinajstić information content (AvgIpc) is 3.05. The predicted molar refractivity (Wildman–Crippen MR) is 81.6 cm³/mol. The van der Waals surface area contributed by atoms with Crippen LogP contribution in [0.25, 0.3) is 0 Å². The van der Waals surface area contributed by atoms with Crippen molar-refractivity contribution >= 4 is 33.8 Å². The van der Waals surface area contributed by atoms with E-state index in [0.29, 0.717) is 11.7 Å². The van der Waals surface area contributed by atoms with E-state index < -0.39 is 0 Å². The monoisotopic (exact) mass is 311 g/mol. The molecule has 2 amide bonds. The normalized spacial score (nSPS) is 12.2. The molecule has 0 aliphatic rings. The second-order valence-corrected chi connectivity index (χ2v) is 6.73. The van der Waals surface area contributed by atoms with Gasteiger partial charge >= 0.3 is 6.03 Å². The number of anilines is 1. The number of urea groups is 1. The lowest BCUT2D eigenvalue weighted by Crippen LogP contribution is -2.31. The minimum atomic E-state index is -0.260. The van der Waals surface area contributed by atoms with Gasteiger partial charge in [-0.05, 0) is 13.3 Å². The van der Waals surface area contributed by atoms with Gasteiger partial charge in [0.15, 0.2) is 0 Å². The third kappa shape index (κ3) is 3.97. The number of carbonyl (C=O) groups excluding carboxylic acids is 1. The number of nitrogens with zero attached hydrogens (tertiary/aromatic N) is 3. The quantitative estimate of drug-likeness (QED) is 0.890. The molecule has 2 N–H and O–H groups in total. The Morgan fingerprint density at radius 2 is 2.20 bits per heavy atom. The van der Waals surface area contributed by atoms with Crippen molar-refractivity contribution in [3.63, 3.8) is 0 Å². The first kappa shape index (κ1) is 14.9. The molecule has 0 saturated heterocycles. The van der Waals surface area contributed by atoms with Crippen LogP contribution in [0.2, 0.25) is 0 Å². The van der Waals surface area contributed by atoms with Crippen molar-refractivity contribution in [2.24, 2.45) is 0 Å². The SMILES string of the molecule is CCc1nnc(NC(=O)NCC(C)c2ncc(C)s2)s1. The minimum Gasteiger partial charge on any atom is -0.337 e. The summed E-state index contributed by atoms with van der Waals surface area (Å²) in [6, 6.07) is -0.260. The smallest absolute Gasteiger partial charge is 0.321 e. The van der Waals surface area contributed by atoms with E-state index in [9.17, 15) is 4.79 Å². The molecular weight excluding hydrogens is 294 g/mol. The second kappa shape index (κ2) is 6.76. The molecule has 0 aromatic carbocycles. The van der Waals surface area contributed by atoms with Crippen LogP contribution in [0, 0.1) is 6.92 Å². The Morgan fingerprint density at radius 1 is 1.40 bits per heavy atom. The van der Waals surface area contributed by atoms with E-state index in [4.69, 9.17) is 0 Å². The Balaban J connectivity index is 1.80. The van der Waals surface area contributed by atoms with Crippen molar-refractivity contribution in [2.45, 2.75) is 33.1 Å². The van der Waals surface area contributed by atoms with Gasteiger partial charge in [-0.25, -0.2) is 9.78 Å². The van der Waals surface area contributed by atoms with Crippen molar-refractivity contribution in [1.29, 1.82) is 0 Å². The fourth-order valence-corrected chi connectivity index (χ4v) is 3.02. The van der Waals surface area contributed by atoms with Crippen LogP contribution in [-0.2, 0) is 6.42 Å². The maximum atomic E-state index is 11.8. The Bertz CT molecular complexity index is 580. The van der Waals surface area contributed by atoms with Crippen LogP contribution in [-0.4, -0.2) is 27.8 Å². The van der Waals surface area contributed by atoms with Gasteiger partial charge in [0.2, 0.25) is 5.13 Å². The number of nitrogens with one attached hydrogen (secondary N) is 2. The Kier molecular flexibility index (Phi) is 5.02. The lowest BCUT2D eigenvalue weighted by molar-refractivity contribution is 0.251. The van der Waals surface area contributed by atoms with E-state index in [1.54, 1.807) is 11.3 Å². The lowest BCUT2D eigenvalue weighted by Gasteiger charge is -2.09. The fourth-order valence-electron chi connectivity index (χ4n) is 1.52. The molecule has 2 heterocycles. The van der Waals surface area contributed by atoms with Gasteiger partial charge < -0.3 is 5.32 Å². The first-order valence-corrected chi connectivity index (χ1v) is 8.01. The summed E-state index contributed by atoms with van der Waals surface area (Å²) in [7, 11) is 0. The molecule has 0 aliphatic heterocycles. The van der Waals surface area contributed by atoms with Crippen molar-refractivity contribution < 1.29 is 4.79 Å². The molecule has 0 fully saturated rings. The molecule has 20 heavy (non-hydrogen) atoms. The van der Waals surface area contributed by atoms with E-state index in [0.717, 1.165) is 16.4 Å². The molecule has 0 spiro atoms. The predicted octanol–water partition coefficient (Wildman–Crippen LogP) is 2.79.